The smallest absolute Gasteiger partial charge is 0.387 e. The van der Waals surface area contributed by atoms with E-state index in [4.69, 9.17) is 0 Å². The van der Waals surface area contributed by atoms with Crippen molar-refractivity contribution < 1.29 is 13.5 Å². The summed E-state index contributed by atoms with van der Waals surface area (Å²) in [6, 6.07) is 13.1. The molecule has 0 atom stereocenters. The fraction of sp³-hybridized carbons (Fsp3) is 0.222. The molecule has 1 aromatic heterocycles. The van der Waals surface area contributed by atoms with Gasteiger partial charge in [0.2, 0.25) is 0 Å². The van der Waals surface area contributed by atoms with E-state index in [2.05, 4.69) is 9.72 Å². The van der Waals surface area contributed by atoms with Crippen LogP contribution < -0.4 is 10.3 Å². The van der Waals surface area contributed by atoms with Crippen LogP contribution in [-0.4, -0.2) is 21.9 Å². The molecular weight excluding hydrogens is 346 g/mol. The summed E-state index contributed by atoms with van der Waals surface area (Å²) in [5.74, 6) is 0.862. The van der Waals surface area contributed by atoms with Crippen molar-refractivity contribution in [2.75, 3.05) is 5.75 Å². The minimum absolute atomic E-state index is 0.0447. The third-order valence-electron chi connectivity index (χ3n) is 3.50. The third-order valence-corrected chi connectivity index (χ3v) is 4.64. The molecule has 4 nitrogen and oxygen atoms in total. The molecule has 0 saturated carbocycles. The number of para-hydroxylation sites is 1. The molecule has 25 heavy (non-hydrogen) atoms. The van der Waals surface area contributed by atoms with Gasteiger partial charge in [0.1, 0.15) is 5.75 Å². The van der Waals surface area contributed by atoms with E-state index in [1.807, 2.05) is 13.0 Å². The summed E-state index contributed by atoms with van der Waals surface area (Å²) < 4.78 is 30.5. The van der Waals surface area contributed by atoms with Crippen LogP contribution in [0.5, 0.6) is 5.75 Å². The lowest BCUT2D eigenvalue weighted by atomic mass is 10.2. The second-order valence-electron chi connectivity index (χ2n) is 5.27. The maximum atomic E-state index is 12.9. The second kappa shape index (κ2) is 7.65. The molecule has 0 fully saturated rings. The monoisotopic (exact) mass is 362 g/mol. The van der Waals surface area contributed by atoms with E-state index >= 15 is 0 Å². The fourth-order valence-electron chi connectivity index (χ4n) is 2.41. The van der Waals surface area contributed by atoms with Gasteiger partial charge in [-0.05, 0) is 42.8 Å². The number of nitrogens with zero attached hydrogens (tertiary/aromatic N) is 2. The molecule has 0 aliphatic heterocycles. The van der Waals surface area contributed by atoms with Crippen LogP contribution in [0.15, 0.2) is 58.5 Å². The Labute approximate surface area is 147 Å². The van der Waals surface area contributed by atoms with E-state index in [0.29, 0.717) is 21.7 Å². The lowest BCUT2D eigenvalue weighted by Gasteiger charge is -2.13. The maximum Gasteiger partial charge on any atom is 0.387 e. The van der Waals surface area contributed by atoms with Crippen molar-refractivity contribution in [1.29, 1.82) is 0 Å². The molecule has 0 aliphatic rings. The van der Waals surface area contributed by atoms with Crippen LogP contribution in [0.3, 0.4) is 0 Å². The van der Waals surface area contributed by atoms with E-state index in [1.165, 1.54) is 28.5 Å². The molecule has 1 heterocycles. The van der Waals surface area contributed by atoms with E-state index in [1.54, 1.807) is 30.3 Å². The zero-order valence-corrected chi connectivity index (χ0v) is 14.3. The zero-order chi connectivity index (χ0) is 17.8. The second-order valence-corrected chi connectivity index (χ2v) is 6.34. The van der Waals surface area contributed by atoms with Gasteiger partial charge in [0.15, 0.2) is 5.16 Å². The molecular formula is C18H16F2N2O2S. The number of aromatic nitrogens is 2. The highest BCUT2D eigenvalue weighted by Gasteiger charge is 2.13. The Morgan fingerprint density at radius 3 is 2.56 bits per heavy atom. The predicted octanol–water partition coefficient (Wildman–Crippen LogP) is 4.49. The highest BCUT2D eigenvalue weighted by Crippen LogP contribution is 2.23. The Bertz CT molecular complexity index is 927. The van der Waals surface area contributed by atoms with Crippen molar-refractivity contribution in [3.8, 4) is 11.4 Å². The van der Waals surface area contributed by atoms with Gasteiger partial charge in [-0.2, -0.15) is 8.78 Å². The Balaban J connectivity index is 2.12. The van der Waals surface area contributed by atoms with Crippen LogP contribution in [0, 0.1) is 0 Å². The van der Waals surface area contributed by atoms with Crippen LogP contribution in [-0.2, 0) is 0 Å². The largest absolute Gasteiger partial charge is 0.435 e. The van der Waals surface area contributed by atoms with E-state index < -0.39 is 6.61 Å². The molecule has 0 spiro atoms. The number of ether oxygens (including phenoxy) is 1. The summed E-state index contributed by atoms with van der Waals surface area (Å²) in [6.07, 6.45) is 0.939. The lowest BCUT2D eigenvalue weighted by Crippen LogP contribution is -2.21. The Morgan fingerprint density at radius 2 is 1.88 bits per heavy atom. The predicted molar refractivity (Wildman–Crippen MR) is 95.0 cm³/mol. The first kappa shape index (κ1) is 17.4. The molecule has 0 amide bonds. The Kier molecular flexibility index (Phi) is 5.33. The van der Waals surface area contributed by atoms with E-state index in [0.717, 1.165) is 12.2 Å². The van der Waals surface area contributed by atoms with E-state index in [9.17, 15) is 13.6 Å². The number of thioether (sulfide) groups is 1. The molecule has 0 N–H and O–H groups in total. The van der Waals surface area contributed by atoms with Crippen molar-refractivity contribution >= 4 is 22.7 Å². The molecule has 0 bridgehead atoms. The first-order chi connectivity index (χ1) is 12.1. The van der Waals surface area contributed by atoms with Gasteiger partial charge in [-0.25, -0.2) is 4.98 Å². The van der Waals surface area contributed by atoms with Crippen LogP contribution in [0.1, 0.15) is 13.3 Å². The Morgan fingerprint density at radius 1 is 1.16 bits per heavy atom. The molecule has 0 saturated heterocycles. The number of hydrogen-bond acceptors (Lipinski definition) is 4. The molecule has 2 aromatic carbocycles. The number of rotatable bonds is 6. The SMILES string of the molecule is CCCSc1nc2ccccc2c(=O)n1-c1ccc(OC(F)F)cc1. The number of halogens is 2. The minimum Gasteiger partial charge on any atom is -0.435 e. The van der Waals surface area contributed by atoms with Crippen molar-refractivity contribution in [2.24, 2.45) is 0 Å². The van der Waals surface area contributed by atoms with Crippen molar-refractivity contribution in [1.82, 2.24) is 9.55 Å². The summed E-state index contributed by atoms with van der Waals surface area (Å²) in [5.41, 5.74) is 1.01. The molecule has 0 radical (unpaired) electrons. The van der Waals surface area contributed by atoms with E-state index in [-0.39, 0.29) is 11.3 Å². The standard InChI is InChI=1S/C18H16F2N2O2S/c1-2-11-25-18-21-15-6-4-3-5-14(15)16(23)22(18)12-7-9-13(10-8-12)24-17(19)20/h3-10,17H,2,11H2,1H3. The van der Waals surface area contributed by atoms with Gasteiger partial charge in [-0.15, -0.1) is 0 Å². The summed E-state index contributed by atoms with van der Waals surface area (Å²) in [7, 11) is 0. The molecule has 3 rings (SSSR count). The van der Waals surface area contributed by atoms with Crippen molar-refractivity contribution in [3.05, 3.63) is 58.9 Å². The summed E-state index contributed by atoms with van der Waals surface area (Å²) in [5, 5.41) is 1.09. The highest BCUT2D eigenvalue weighted by atomic mass is 32.2. The minimum atomic E-state index is -2.88. The first-order valence-electron chi connectivity index (χ1n) is 7.80. The van der Waals surface area contributed by atoms with Gasteiger partial charge in [0, 0.05) is 5.75 Å². The van der Waals surface area contributed by atoms with Gasteiger partial charge in [0.25, 0.3) is 5.56 Å². The fourth-order valence-corrected chi connectivity index (χ4v) is 3.27. The summed E-state index contributed by atoms with van der Waals surface area (Å²) in [4.78, 5) is 17.5. The highest BCUT2D eigenvalue weighted by molar-refractivity contribution is 7.99. The van der Waals surface area contributed by atoms with Crippen LogP contribution >= 0.6 is 11.8 Å². The summed E-state index contributed by atoms with van der Waals surface area (Å²) in [6.45, 7) is -0.834. The zero-order valence-electron chi connectivity index (χ0n) is 13.5. The average molecular weight is 362 g/mol. The lowest BCUT2D eigenvalue weighted by molar-refractivity contribution is -0.0498. The maximum absolute atomic E-state index is 12.9. The normalized spacial score (nSPS) is 11.2. The van der Waals surface area contributed by atoms with Crippen molar-refractivity contribution in [2.45, 2.75) is 25.1 Å². The molecule has 7 heteroatoms. The number of hydrogen-bond donors (Lipinski definition) is 0. The van der Waals surface area contributed by atoms with Crippen LogP contribution in [0.25, 0.3) is 16.6 Å². The number of alkyl halides is 2. The first-order valence-corrected chi connectivity index (χ1v) is 8.78. The van der Waals surface area contributed by atoms with Crippen LogP contribution in [0.2, 0.25) is 0 Å². The molecule has 3 aromatic rings. The molecule has 130 valence electrons. The van der Waals surface area contributed by atoms with Crippen molar-refractivity contribution in [3.63, 3.8) is 0 Å². The quantitative estimate of drug-likeness (QED) is 0.479. The van der Waals surface area contributed by atoms with Gasteiger partial charge in [-0.1, -0.05) is 30.8 Å². The molecule has 0 aliphatic carbocycles. The van der Waals surface area contributed by atoms with Gasteiger partial charge < -0.3 is 4.74 Å². The number of fused-ring (bicyclic) bond motifs is 1. The average Bonchev–Trinajstić information content (AvgIpc) is 2.60. The topological polar surface area (TPSA) is 44.1 Å². The van der Waals surface area contributed by atoms with Gasteiger partial charge in [-0.3, -0.25) is 9.36 Å². The van der Waals surface area contributed by atoms with Gasteiger partial charge in [0.05, 0.1) is 16.6 Å². The van der Waals surface area contributed by atoms with Gasteiger partial charge >= 0.3 is 6.61 Å². The summed E-state index contributed by atoms with van der Waals surface area (Å²) >= 11 is 1.49. The van der Waals surface area contributed by atoms with Crippen LogP contribution in [0.4, 0.5) is 8.78 Å². The third kappa shape index (κ3) is 3.82. The Hall–Kier alpha value is -2.41. The number of benzene rings is 2. The molecule has 0 unspecified atom stereocenters.